The summed E-state index contributed by atoms with van der Waals surface area (Å²) < 4.78 is 27.2. The van der Waals surface area contributed by atoms with Gasteiger partial charge >= 0.3 is 0 Å². The molecule has 3 aromatic rings. The standard InChI is InChI=1S/C21H22O6/c1-11(13-9-16(24-4)21(26-6)17(10-13)25-5)18-12(2)27-20-14(18)7-8-15(23-3)19(20)22/h7-10,22H,1H2,2-6H3. The molecule has 0 saturated heterocycles. The summed E-state index contributed by atoms with van der Waals surface area (Å²) in [6.45, 7) is 6.06. The van der Waals surface area contributed by atoms with Gasteiger partial charge in [-0.1, -0.05) is 6.58 Å². The van der Waals surface area contributed by atoms with Crippen LogP contribution in [-0.4, -0.2) is 33.5 Å². The highest BCUT2D eigenvalue weighted by Crippen LogP contribution is 2.44. The van der Waals surface area contributed by atoms with Gasteiger partial charge in [-0.15, -0.1) is 0 Å². The number of hydrogen-bond donors (Lipinski definition) is 1. The third-order valence-corrected chi connectivity index (χ3v) is 4.51. The molecule has 2 aromatic carbocycles. The number of phenols is 1. The van der Waals surface area contributed by atoms with Crippen molar-refractivity contribution >= 4 is 16.5 Å². The number of rotatable bonds is 6. The predicted octanol–water partition coefficient (Wildman–Crippen LogP) is 4.54. The summed E-state index contributed by atoms with van der Waals surface area (Å²) >= 11 is 0. The first-order valence-corrected chi connectivity index (χ1v) is 8.25. The van der Waals surface area contributed by atoms with Gasteiger partial charge in [-0.2, -0.15) is 0 Å². The molecule has 0 atom stereocenters. The average Bonchev–Trinajstić information content (AvgIpc) is 3.03. The van der Waals surface area contributed by atoms with Crippen LogP contribution < -0.4 is 18.9 Å². The lowest BCUT2D eigenvalue weighted by molar-refractivity contribution is 0.324. The Morgan fingerprint density at radius 2 is 1.52 bits per heavy atom. The van der Waals surface area contributed by atoms with Crippen molar-refractivity contribution in [2.24, 2.45) is 0 Å². The zero-order valence-electron chi connectivity index (χ0n) is 16.0. The van der Waals surface area contributed by atoms with Gasteiger partial charge in [0.05, 0.1) is 28.4 Å². The largest absolute Gasteiger partial charge is 0.502 e. The Kier molecular flexibility index (Phi) is 4.90. The second-order valence-corrected chi connectivity index (χ2v) is 5.92. The monoisotopic (exact) mass is 370 g/mol. The third kappa shape index (κ3) is 2.93. The molecule has 142 valence electrons. The number of benzene rings is 2. The quantitative estimate of drug-likeness (QED) is 0.687. The van der Waals surface area contributed by atoms with Gasteiger partial charge in [-0.05, 0) is 42.3 Å². The molecule has 0 bridgehead atoms. The van der Waals surface area contributed by atoms with Crippen LogP contribution in [0.15, 0.2) is 35.3 Å². The molecule has 6 heteroatoms. The van der Waals surface area contributed by atoms with Crippen molar-refractivity contribution in [2.75, 3.05) is 28.4 Å². The number of hydrogen-bond acceptors (Lipinski definition) is 6. The van der Waals surface area contributed by atoms with Gasteiger partial charge in [0.15, 0.2) is 22.8 Å². The van der Waals surface area contributed by atoms with Crippen LogP contribution in [0, 0.1) is 6.92 Å². The van der Waals surface area contributed by atoms with E-state index in [0.717, 1.165) is 16.5 Å². The highest BCUT2D eigenvalue weighted by atomic mass is 16.5. The molecule has 0 aliphatic heterocycles. The molecule has 6 nitrogen and oxygen atoms in total. The summed E-state index contributed by atoms with van der Waals surface area (Å²) in [6.07, 6.45) is 0. The van der Waals surface area contributed by atoms with Crippen LogP contribution in [0.25, 0.3) is 16.5 Å². The van der Waals surface area contributed by atoms with E-state index in [1.54, 1.807) is 27.4 Å². The summed E-state index contributed by atoms with van der Waals surface area (Å²) in [5.41, 5.74) is 2.63. The Hall–Kier alpha value is -3.28. The van der Waals surface area contributed by atoms with Gasteiger partial charge in [0, 0.05) is 10.9 Å². The van der Waals surface area contributed by atoms with Crippen LogP contribution in [-0.2, 0) is 0 Å². The van der Waals surface area contributed by atoms with E-state index in [2.05, 4.69) is 6.58 Å². The number of fused-ring (bicyclic) bond motifs is 1. The van der Waals surface area contributed by atoms with Crippen molar-refractivity contribution in [1.29, 1.82) is 0 Å². The van der Waals surface area contributed by atoms with Crippen LogP contribution >= 0.6 is 0 Å². The molecule has 27 heavy (non-hydrogen) atoms. The zero-order chi connectivity index (χ0) is 19.7. The van der Waals surface area contributed by atoms with Crippen LogP contribution in [0.1, 0.15) is 16.9 Å². The number of furan rings is 1. The summed E-state index contributed by atoms with van der Waals surface area (Å²) in [6, 6.07) is 7.18. The maximum Gasteiger partial charge on any atom is 0.203 e. The van der Waals surface area contributed by atoms with Crippen molar-refractivity contribution in [1.82, 2.24) is 0 Å². The maximum absolute atomic E-state index is 10.4. The van der Waals surface area contributed by atoms with Crippen LogP contribution in [0.2, 0.25) is 0 Å². The van der Waals surface area contributed by atoms with Crippen molar-refractivity contribution in [3.8, 4) is 28.7 Å². The molecule has 0 fully saturated rings. The number of phenolic OH excluding ortho intramolecular Hbond substituents is 1. The number of aromatic hydroxyl groups is 1. The third-order valence-electron chi connectivity index (χ3n) is 4.51. The lowest BCUT2D eigenvalue weighted by Crippen LogP contribution is -1.97. The Labute approximate surface area is 157 Å². The minimum Gasteiger partial charge on any atom is -0.502 e. The molecule has 1 N–H and O–H groups in total. The molecule has 0 amide bonds. The molecule has 1 heterocycles. The van der Waals surface area contributed by atoms with E-state index < -0.39 is 0 Å². The number of aryl methyl sites for hydroxylation is 1. The van der Waals surface area contributed by atoms with Gasteiger partial charge in [-0.25, -0.2) is 0 Å². The normalized spacial score (nSPS) is 10.7. The fourth-order valence-corrected chi connectivity index (χ4v) is 3.19. The molecular weight excluding hydrogens is 348 g/mol. The summed E-state index contributed by atoms with van der Waals surface area (Å²) in [7, 11) is 6.17. The van der Waals surface area contributed by atoms with Crippen LogP contribution in [0.4, 0.5) is 0 Å². The van der Waals surface area contributed by atoms with Crippen LogP contribution in [0.3, 0.4) is 0 Å². The van der Waals surface area contributed by atoms with Crippen LogP contribution in [0.5, 0.6) is 28.7 Å². The molecule has 0 aliphatic carbocycles. The highest BCUT2D eigenvalue weighted by Gasteiger charge is 2.22. The molecule has 0 unspecified atom stereocenters. The first kappa shape index (κ1) is 18.5. The van der Waals surface area contributed by atoms with Gasteiger partial charge in [0.25, 0.3) is 0 Å². The maximum atomic E-state index is 10.4. The van der Waals surface area contributed by atoms with E-state index in [4.69, 9.17) is 23.4 Å². The number of ether oxygens (including phenoxy) is 4. The van der Waals surface area contributed by atoms with E-state index in [9.17, 15) is 5.11 Å². The summed E-state index contributed by atoms with van der Waals surface area (Å²) in [5, 5.41) is 11.1. The lowest BCUT2D eigenvalue weighted by atomic mass is 9.96. The second kappa shape index (κ2) is 7.15. The van der Waals surface area contributed by atoms with Gasteiger partial charge in [-0.3, -0.25) is 0 Å². The molecule has 3 rings (SSSR count). The molecule has 0 radical (unpaired) electrons. The minimum absolute atomic E-state index is 0.0398. The zero-order valence-corrected chi connectivity index (χ0v) is 16.0. The Morgan fingerprint density at radius 3 is 2.04 bits per heavy atom. The molecular formula is C21H22O6. The first-order valence-electron chi connectivity index (χ1n) is 8.25. The lowest BCUT2D eigenvalue weighted by Gasteiger charge is -2.15. The molecule has 1 aromatic heterocycles. The summed E-state index contributed by atoms with van der Waals surface area (Å²) in [5.74, 6) is 2.51. The minimum atomic E-state index is -0.0398. The fraction of sp³-hybridized carbons (Fsp3) is 0.238. The van der Waals surface area contributed by atoms with Crippen molar-refractivity contribution in [2.45, 2.75) is 6.92 Å². The van der Waals surface area contributed by atoms with E-state index in [1.807, 2.05) is 25.1 Å². The van der Waals surface area contributed by atoms with E-state index in [0.29, 0.717) is 39.9 Å². The molecule has 0 spiro atoms. The van der Waals surface area contributed by atoms with E-state index in [-0.39, 0.29) is 5.75 Å². The van der Waals surface area contributed by atoms with Gasteiger partial charge < -0.3 is 28.5 Å². The average molecular weight is 370 g/mol. The second-order valence-electron chi connectivity index (χ2n) is 5.92. The Balaban J connectivity index is 2.19. The van der Waals surface area contributed by atoms with E-state index in [1.165, 1.54) is 7.11 Å². The Morgan fingerprint density at radius 1 is 0.926 bits per heavy atom. The summed E-state index contributed by atoms with van der Waals surface area (Å²) in [4.78, 5) is 0. The number of methoxy groups -OCH3 is 4. The topological polar surface area (TPSA) is 70.3 Å². The molecule has 0 saturated carbocycles. The SMILES string of the molecule is C=C(c1cc(OC)c(OC)c(OC)c1)c1c(C)oc2c(O)c(OC)ccc12. The van der Waals surface area contributed by atoms with Crippen molar-refractivity contribution < 1.29 is 28.5 Å². The Bertz CT molecular complexity index is 990. The predicted molar refractivity (Wildman–Crippen MR) is 103 cm³/mol. The van der Waals surface area contributed by atoms with Crippen molar-refractivity contribution in [3.05, 3.63) is 47.7 Å². The molecule has 0 aliphatic rings. The first-order chi connectivity index (χ1) is 13.0. The highest BCUT2D eigenvalue weighted by molar-refractivity contribution is 5.99. The van der Waals surface area contributed by atoms with E-state index >= 15 is 0 Å². The smallest absolute Gasteiger partial charge is 0.203 e. The van der Waals surface area contributed by atoms with Gasteiger partial charge in [0.1, 0.15) is 5.76 Å². The fourth-order valence-electron chi connectivity index (χ4n) is 3.19. The van der Waals surface area contributed by atoms with Crippen molar-refractivity contribution in [3.63, 3.8) is 0 Å². The van der Waals surface area contributed by atoms with Gasteiger partial charge in [0.2, 0.25) is 11.5 Å².